The summed E-state index contributed by atoms with van der Waals surface area (Å²) >= 11 is 0. The van der Waals surface area contributed by atoms with E-state index in [0.29, 0.717) is 17.0 Å². The van der Waals surface area contributed by atoms with Gasteiger partial charge in [0.1, 0.15) is 5.75 Å². The Bertz CT molecular complexity index is 779. The molecule has 0 bridgehead atoms. The average molecular weight is 354 g/mol. The molecule has 0 saturated carbocycles. The van der Waals surface area contributed by atoms with E-state index in [2.05, 4.69) is 10.6 Å². The van der Waals surface area contributed by atoms with Crippen molar-refractivity contribution in [2.45, 2.75) is 46.8 Å². The highest BCUT2D eigenvalue weighted by molar-refractivity contribution is 6.04. The third kappa shape index (κ3) is 4.85. The largest absolute Gasteiger partial charge is 0.480 e. The summed E-state index contributed by atoms with van der Waals surface area (Å²) in [5.41, 5.74) is 2.84. The maximum atomic E-state index is 12.6. The molecule has 2 aromatic carbocycles. The van der Waals surface area contributed by atoms with E-state index in [1.807, 2.05) is 45.9 Å². The average Bonchev–Trinajstić information content (AvgIpc) is 2.57. The zero-order chi connectivity index (χ0) is 19.3. The van der Waals surface area contributed by atoms with E-state index in [4.69, 9.17) is 4.74 Å². The maximum Gasteiger partial charge on any atom is 0.265 e. The van der Waals surface area contributed by atoms with Gasteiger partial charge < -0.3 is 15.4 Å². The van der Waals surface area contributed by atoms with Crippen LogP contribution in [0.3, 0.4) is 0 Å². The van der Waals surface area contributed by atoms with Crippen molar-refractivity contribution >= 4 is 17.5 Å². The highest BCUT2D eigenvalue weighted by Gasteiger charge is 2.20. The van der Waals surface area contributed by atoms with Gasteiger partial charge in [-0.3, -0.25) is 9.59 Å². The molecule has 0 aliphatic heterocycles. The first kappa shape index (κ1) is 19.5. The lowest BCUT2D eigenvalue weighted by atomic mass is 10.1. The van der Waals surface area contributed by atoms with Crippen LogP contribution in [0.1, 0.15) is 42.3 Å². The molecule has 0 aromatic heterocycles. The van der Waals surface area contributed by atoms with E-state index in [9.17, 15) is 9.59 Å². The van der Waals surface area contributed by atoms with E-state index < -0.39 is 6.10 Å². The smallest absolute Gasteiger partial charge is 0.265 e. The monoisotopic (exact) mass is 354 g/mol. The van der Waals surface area contributed by atoms with Crippen molar-refractivity contribution in [3.8, 4) is 5.75 Å². The molecule has 2 amide bonds. The molecule has 2 aromatic rings. The number of aryl methyl sites for hydroxylation is 2. The van der Waals surface area contributed by atoms with Gasteiger partial charge in [-0.05, 0) is 57.9 Å². The fourth-order valence-electron chi connectivity index (χ4n) is 2.58. The minimum absolute atomic E-state index is 0.0116. The number of hydrogen-bond donors (Lipinski definition) is 2. The van der Waals surface area contributed by atoms with Crippen LogP contribution in [0, 0.1) is 13.8 Å². The molecule has 0 aliphatic carbocycles. The molecule has 0 spiro atoms. The number of ether oxygens (including phenoxy) is 1. The summed E-state index contributed by atoms with van der Waals surface area (Å²) in [5, 5.41) is 5.63. The van der Waals surface area contributed by atoms with E-state index in [1.54, 1.807) is 31.2 Å². The van der Waals surface area contributed by atoms with Crippen LogP contribution >= 0.6 is 0 Å². The topological polar surface area (TPSA) is 67.4 Å². The van der Waals surface area contributed by atoms with Crippen LogP contribution in [0.5, 0.6) is 5.75 Å². The number of para-hydroxylation sites is 2. The molecule has 26 heavy (non-hydrogen) atoms. The summed E-state index contributed by atoms with van der Waals surface area (Å²) in [6.45, 7) is 9.36. The molecule has 2 N–H and O–H groups in total. The quantitative estimate of drug-likeness (QED) is 0.828. The third-order valence-corrected chi connectivity index (χ3v) is 3.92. The molecule has 0 fully saturated rings. The van der Waals surface area contributed by atoms with Crippen molar-refractivity contribution in [3.63, 3.8) is 0 Å². The molecule has 0 saturated heterocycles. The molecule has 138 valence electrons. The Hall–Kier alpha value is -2.82. The van der Waals surface area contributed by atoms with E-state index in [1.165, 1.54) is 0 Å². The van der Waals surface area contributed by atoms with Gasteiger partial charge in [0.25, 0.3) is 11.8 Å². The second-order valence-electron chi connectivity index (χ2n) is 6.64. The minimum Gasteiger partial charge on any atom is -0.480 e. The number of carbonyl (C=O) groups excluding carboxylic acids is 2. The van der Waals surface area contributed by atoms with Crippen molar-refractivity contribution in [1.82, 2.24) is 5.32 Å². The van der Waals surface area contributed by atoms with Crippen LogP contribution in [0.4, 0.5) is 5.69 Å². The molecular weight excluding hydrogens is 328 g/mol. The standard InChI is InChI=1S/C21H26N2O3/c1-13(2)22-21(25)17-11-6-7-12-18(17)23-20(24)16(5)26-19-14(3)9-8-10-15(19)4/h6-13,16H,1-5H3,(H,22,25)(H,23,24)/t16-/m0/s1. The third-order valence-electron chi connectivity index (χ3n) is 3.92. The van der Waals surface area contributed by atoms with Gasteiger partial charge in [0, 0.05) is 6.04 Å². The van der Waals surface area contributed by atoms with E-state index >= 15 is 0 Å². The van der Waals surface area contributed by atoms with Crippen LogP contribution in [-0.2, 0) is 4.79 Å². The Balaban J connectivity index is 2.13. The second-order valence-corrected chi connectivity index (χ2v) is 6.64. The number of amides is 2. The normalized spacial score (nSPS) is 11.8. The lowest BCUT2D eigenvalue weighted by Crippen LogP contribution is -2.33. The Morgan fingerprint density at radius 1 is 0.923 bits per heavy atom. The van der Waals surface area contributed by atoms with Crippen molar-refractivity contribution < 1.29 is 14.3 Å². The molecule has 1 atom stereocenters. The van der Waals surface area contributed by atoms with Crippen LogP contribution in [0.25, 0.3) is 0 Å². The summed E-state index contributed by atoms with van der Waals surface area (Å²) in [6, 6.07) is 12.8. The molecule has 5 nitrogen and oxygen atoms in total. The second kappa shape index (κ2) is 8.52. The zero-order valence-corrected chi connectivity index (χ0v) is 15.9. The first-order valence-electron chi connectivity index (χ1n) is 8.73. The number of nitrogens with one attached hydrogen (secondary N) is 2. The van der Waals surface area contributed by atoms with Crippen molar-refractivity contribution in [2.75, 3.05) is 5.32 Å². The summed E-state index contributed by atoms with van der Waals surface area (Å²) in [4.78, 5) is 24.9. The fourth-order valence-corrected chi connectivity index (χ4v) is 2.58. The van der Waals surface area contributed by atoms with Crippen LogP contribution in [0.2, 0.25) is 0 Å². The molecule has 5 heteroatoms. The lowest BCUT2D eigenvalue weighted by Gasteiger charge is -2.19. The highest BCUT2D eigenvalue weighted by Crippen LogP contribution is 2.24. The van der Waals surface area contributed by atoms with Gasteiger partial charge in [0.15, 0.2) is 6.10 Å². The Morgan fingerprint density at radius 3 is 2.15 bits per heavy atom. The Morgan fingerprint density at radius 2 is 1.54 bits per heavy atom. The minimum atomic E-state index is -0.698. The van der Waals surface area contributed by atoms with Crippen molar-refractivity contribution in [1.29, 1.82) is 0 Å². The van der Waals surface area contributed by atoms with E-state index in [0.717, 1.165) is 11.1 Å². The van der Waals surface area contributed by atoms with Gasteiger partial charge in [0.05, 0.1) is 11.3 Å². The highest BCUT2D eigenvalue weighted by atomic mass is 16.5. The summed E-state index contributed by atoms with van der Waals surface area (Å²) in [5.74, 6) is 0.178. The zero-order valence-electron chi connectivity index (χ0n) is 15.9. The predicted molar refractivity (Wildman–Crippen MR) is 104 cm³/mol. The van der Waals surface area contributed by atoms with Crippen LogP contribution in [0.15, 0.2) is 42.5 Å². The fraction of sp³-hybridized carbons (Fsp3) is 0.333. The summed E-state index contributed by atoms with van der Waals surface area (Å²) in [7, 11) is 0. The van der Waals surface area contributed by atoms with Gasteiger partial charge in [-0.15, -0.1) is 0 Å². The first-order chi connectivity index (χ1) is 12.3. The van der Waals surface area contributed by atoms with Crippen LogP contribution < -0.4 is 15.4 Å². The number of hydrogen-bond acceptors (Lipinski definition) is 3. The Kier molecular flexibility index (Phi) is 6.39. The first-order valence-corrected chi connectivity index (χ1v) is 8.73. The number of anilines is 1. The molecule has 0 aliphatic rings. The van der Waals surface area contributed by atoms with Crippen molar-refractivity contribution in [2.24, 2.45) is 0 Å². The van der Waals surface area contributed by atoms with Crippen LogP contribution in [-0.4, -0.2) is 24.0 Å². The molecular formula is C21H26N2O3. The molecule has 0 unspecified atom stereocenters. The van der Waals surface area contributed by atoms with Gasteiger partial charge in [-0.1, -0.05) is 30.3 Å². The molecule has 0 radical (unpaired) electrons. The summed E-state index contributed by atoms with van der Waals surface area (Å²) < 4.78 is 5.86. The summed E-state index contributed by atoms with van der Waals surface area (Å²) in [6.07, 6.45) is -0.698. The van der Waals surface area contributed by atoms with Gasteiger partial charge >= 0.3 is 0 Å². The van der Waals surface area contributed by atoms with Crippen molar-refractivity contribution in [3.05, 3.63) is 59.2 Å². The predicted octanol–water partition coefficient (Wildman–Crippen LogP) is 3.85. The maximum absolute atomic E-state index is 12.6. The SMILES string of the molecule is Cc1cccc(C)c1O[C@@H](C)C(=O)Nc1ccccc1C(=O)NC(C)C. The number of carbonyl (C=O) groups is 2. The Labute approximate surface area is 154 Å². The van der Waals surface area contributed by atoms with E-state index in [-0.39, 0.29) is 17.9 Å². The van der Waals surface area contributed by atoms with Gasteiger partial charge in [-0.2, -0.15) is 0 Å². The molecule has 2 rings (SSSR count). The van der Waals surface area contributed by atoms with Gasteiger partial charge in [-0.25, -0.2) is 0 Å². The molecule has 0 heterocycles. The number of benzene rings is 2. The lowest BCUT2D eigenvalue weighted by molar-refractivity contribution is -0.122. The number of rotatable bonds is 6. The van der Waals surface area contributed by atoms with Gasteiger partial charge in [0.2, 0.25) is 0 Å².